The molecule has 65 valence electrons. The summed E-state index contributed by atoms with van der Waals surface area (Å²) in [6, 6.07) is 3.94. The molecular weight excluding hydrogens is 174 g/mol. The molecule has 1 N–H and O–H groups in total. The lowest BCUT2D eigenvalue weighted by Crippen LogP contribution is -1.90. The van der Waals surface area contributed by atoms with Crippen LogP contribution in [-0.2, 0) is 0 Å². The lowest BCUT2D eigenvalue weighted by Gasteiger charge is -1.98. The van der Waals surface area contributed by atoms with Crippen molar-refractivity contribution in [2.24, 2.45) is 0 Å². The quantitative estimate of drug-likeness (QED) is 0.713. The third kappa shape index (κ3) is 1.30. The number of H-pyrrole nitrogens is 1. The highest BCUT2D eigenvalue weighted by atomic mass is 19.2. The average molecular weight is 179 g/mol. The number of benzene rings is 1. The maximum Gasteiger partial charge on any atom is 0.169 e. The zero-order valence-corrected chi connectivity index (χ0v) is 6.51. The second kappa shape index (κ2) is 2.97. The van der Waals surface area contributed by atoms with E-state index in [0.717, 1.165) is 6.07 Å². The van der Waals surface area contributed by atoms with E-state index in [2.05, 4.69) is 16.2 Å². The summed E-state index contributed by atoms with van der Waals surface area (Å²) in [5.41, 5.74) is 0.112. The summed E-state index contributed by atoms with van der Waals surface area (Å²) in [4.78, 5) is 6.35. The Bertz CT molecular complexity index is 410. The van der Waals surface area contributed by atoms with Crippen molar-refractivity contribution in [2.45, 2.75) is 0 Å². The van der Waals surface area contributed by atoms with E-state index in [-0.39, 0.29) is 11.4 Å². The van der Waals surface area contributed by atoms with Crippen LogP contribution in [0.15, 0.2) is 24.4 Å². The monoisotopic (exact) mass is 179 g/mol. The molecule has 1 heterocycles. The molecule has 0 aliphatic heterocycles. The maximum absolute atomic E-state index is 13.1. The summed E-state index contributed by atoms with van der Waals surface area (Å²) in [5.74, 6) is -1.50. The van der Waals surface area contributed by atoms with Gasteiger partial charge in [-0.3, -0.25) is 0 Å². The number of hydrogen-bond acceptors (Lipinski definition) is 1. The van der Waals surface area contributed by atoms with E-state index in [1.54, 1.807) is 0 Å². The Morgan fingerprint density at radius 2 is 2.15 bits per heavy atom. The van der Waals surface area contributed by atoms with Crippen LogP contribution in [0.5, 0.6) is 0 Å². The van der Waals surface area contributed by atoms with E-state index in [1.165, 1.54) is 18.3 Å². The van der Waals surface area contributed by atoms with Gasteiger partial charge < -0.3 is 4.98 Å². The molecular formula is C9H5F2N2. The van der Waals surface area contributed by atoms with Gasteiger partial charge in [0.1, 0.15) is 12.0 Å². The van der Waals surface area contributed by atoms with Crippen molar-refractivity contribution in [3.63, 3.8) is 0 Å². The van der Waals surface area contributed by atoms with Gasteiger partial charge >= 0.3 is 0 Å². The minimum absolute atomic E-state index is 0.112. The standard InChI is InChI=1S/C9H5F2N2/c10-7-3-1-2-6(8(7)11)9-12-4-5-13-9/h1-4H,(H,12,13). The summed E-state index contributed by atoms with van der Waals surface area (Å²) < 4.78 is 25.9. The first-order chi connectivity index (χ1) is 6.29. The smallest absolute Gasteiger partial charge is 0.169 e. The van der Waals surface area contributed by atoms with Gasteiger partial charge in [-0.2, -0.15) is 0 Å². The fraction of sp³-hybridized carbons (Fsp3) is 0. The van der Waals surface area contributed by atoms with Crippen molar-refractivity contribution in [1.29, 1.82) is 0 Å². The summed E-state index contributed by atoms with van der Waals surface area (Å²) in [7, 11) is 0. The summed E-state index contributed by atoms with van der Waals surface area (Å²) in [6.45, 7) is 0. The lowest BCUT2D eigenvalue weighted by molar-refractivity contribution is 0.510. The van der Waals surface area contributed by atoms with Crippen LogP contribution in [0.3, 0.4) is 0 Å². The first kappa shape index (κ1) is 7.91. The lowest BCUT2D eigenvalue weighted by atomic mass is 10.2. The molecule has 1 aromatic carbocycles. The van der Waals surface area contributed by atoms with Crippen molar-refractivity contribution in [2.75, 3.05) is 0 Å². The number of nitrogens with zero attached hydrogens (tertiary/aromatic N) is 1. The third-order valence-corrected chi connectivity index (χ3v) is 1.66. The minimum Gasteiger partial charge on any atom is -0.344 e. The molecule has 4 heteroatoms. The molecule has 1 radical (unpaired) electrons. The number of rotatable bonds is 1. The van der Waals surface area contributed by atoms with Crippen LogP contribution in [-0.4, -0.2) is 9.97 Å². The highest BCUT2D eigenvalue weighted by Gasteiger charge is 2.10. The maximum atomic E-state index is 13.1. The Labute approximate surface area is 73.2 Å². The number of aromatic amines is 1. The van der Waals surface area contributed by atoms with E-state index in [9.17, 15) is 8.78 Å². The Morgan fingerprint density at radius 1 is 1.31 bits per heavy atom. The van der Waals surface area contributed by atoms with Crippen LogP contribution in [0.1, 0.15) is 0 Å². The Hall–Kier alpha value is -1.71. The zero-order valence-electron chi connectivity index (χ0n) is 6.51. The van der Waals surface area contributed by atoms with E-state index in [1.807, 2.05) is 0 Å². The molecule has 2 aromatic rings. The summed E-state index contributed by atoms with van der Waals surface area (Å²) in [6.07, 6.45) is 3.91. The molecule has 1 aromatic heterocycles. The molecule has 0 saturated carbocycles. The molecule has 0 amide bonds. The van der Waals surface area contributed by atoms with E-state index >= 15 is 0 Å². The average Bonchev–Trinajstić information content (AvgIpc) is 2.62. The van der Waals surface area contributed by atoms with Crippen LogP contribution < -0.4 is 0 Å². The molecule has 0 fully saturated rings. The fourth-order valence-electron chi connectivity index (χ4n) is 1.05. The first-order valence-electron chi connectivity index (χ1n) is 3.65. The van der Waals surface area contributed by atoms with Gasteiger partial charge in [0.15, 0.2) is 11.6 Å². The second-order valence-electron chi connectivity index (χ2n) is 2.48. The summed E-state index contributed by atoms with van der Waals surface area (Å²) in [5, 5.41) is 0. The topological polar surface area (TPSA) is 28.7 Å². The normalized spacial score (nSPS) is 10.3. The van der Waals surface area contributed by atoms with Crippen molar-refractivity contribution < 1.29 is 8.78 Å². The van der Waals surface area contributed by atoms with Gasteiger partial charge in [0.05, 0.1) is 5.56 Å². The number of aromatic nitrogens is 2. The van der Waals surface area contributed by atoms with Gasteiger partial charge in [-0.25, -0.2) is 13.8 Å². The van der Waals surface area contributed by atoms with Gasteiger partial charge in [0.25, 0.3) is 0 Å². The van der Waals surface area contributed by atoms with E-state index < -0.39 is 11.6 Å². The molecule has 2 rings (SSSR count). The van der Waals surface area contributed by atoms with Crippen LogP contribution in [0, 0.1) is 17.8 Å². The van der Waals surface area contributed by atoms with Crippen LogP contribution >= 0.6 is 0 Å². The molecule has 0 atom stereocenters. The fourth-order valence-corrected chi connectivity index (χ4v) is 1.05. The van der Waals surface area contributed by atoms with Crippen molar-refractivity contribution >= 4 is 0 Å². The van der Waals surface area contributed by atoms with Crippen molar-refractivity contribution in [1.82, 2.24) is 9.97 Å². The van der Waals surface area contributed by atoms with Gasteiger partial charge in [-0.15, -0.1) is 0 Å². The van der Waals surface area contributed by atoms with Gasteiger partial charge in [0, 0.05) is 6.20 Å². The van der Waals surface area contributed by atoms with Gasteiger partial charge in [-0.1, -0.05) is 6.07 Å². The number of halogens is 2. The van der Waals surface area contributed by atoms with Crippen LogP contribution in [0.4, 0.5) is 8.78 Å². The molecule has 0 saturated heterocycles. The molecule has 13 heavy (non-hydrogen) atoms. The Balaban J connectivity index is 2.59. The first-order valence-corrected chi connectivity index (χ1v) is 3.65. The van der Waals surface area contributed by atoms with Crippen LogP contribution in [0.2, 0.25) is 0 Å². The highest BCUT2D eigenvalue weighted by molar-refractivity contribution is 5.55. The van der Waals surface area contributed by atoms with Gasteiger partial charge in [0.2, 0.25) is 0 Å². The molecule has 0 bridgehead atoms. The molecule has 0 aliphatic carbocycles. The zero-order chi connectivity index (χ0) is 9.26. The third-order valence-electron chi connectivity index (χ3n) is 1.66. The molecule has 0 unspecified atom stereocenters. The van der Waals surface area contributed by atoms with Crippen molar-refractivity contribution in [3.8, 4) is 11.4 Å². The molecule has 0 spiro atoms. The SMILES string of the molecule is Fc1cccc(-c2n[c]c[nH]2)c1F. The number of hydrogen-bond donors (Lipinski definition) is 1. The van der Waals surface area contributed by atoms with Crippen molar-refractivity contribution in [3.05, 3.63) is 42.2 Å². The second-order valence-corrected chi connectivity index (χ2v) is 2.48. The molecule has 2 nitrogen and oxygen atoms in total. The minimum atomic E-state index is -0.897. The highest BCUT2D eigenvalue weighted by Crippen LogP contribution is 2.20. The predicted molar refractivity (Wildman–Crippen MR) is 42.8 cm³/mol. The van der Waals surface area contributed by atoms with E-state index in [4.69, 9.17) is 0 Å². The Kier molecular flexibility index (Phi) is 1.81. The number of nitrogens with one attached hydrogen (secondary N) is 1. The largest absolute Gasteiger partial charge is 0.344 e. The van der Waals surface area contributed by atoms with Crippen LogP contribution in [0.25, 0.3) is 11.4 Å². The predicted octanol–water partition coefficient (Wildman–Crippen LogP) is 2.16. The number of imidazole rings is 1. The van der Waals surface area contributed by atoms with E-state index in [0.29, 0.717) is 0 Å². The van der Waals surface area contributed by atoms with Gasteiger partial charge in [-0.05, 0) is 12.1 Å². The summed E-state index contributed by atoms with van der Waals surface area (Å²) >= 11 is 0. The molecule has 0 aliphatic rings. The Morgan fingerprint density at radius 3 is 2.85 bits per heavy atom.